The lowest BCUT2D eigenvalue weighted by atomic mass is 9.96. The zero-order chi connectivity index (χ0) is 27.4. The van der Waals surface area contributed by atoms with Gasteiger partial charge in [0.25, 0.3) is 0 Å². The Morgan fingerprint density at radius 2 is 1.84 bits per heavy atom. The van der Waals surface area contributed by atoms with Gasteiger partial charge in [0.1, 0.15) is 35.6 Å². The summed E-state index contributed by atoms with van der Waals surface area (Å²) in [6.07, 6.45) is 1.97. The number of hydrogen-bond donors (Lipinski definition) is 0. The molecule has 5 atom stereocenters. The van der Waals surface area contributed by atoms with Crippen molar-refractivity contribution in [3.63, 3.8) is 0 Å². The van der Waals surface area contributed by atoms with Crippen LogP contribution in [0.3, 0.4) is 0 Å². The van der Waals surface area contributed by atoms with Crippen LogP contribution in [-0.4, -0.2) is 73.2 Å². The number of thiazole rings is 1. The van der Waals surface area contributed by atoms with Crippen LogP contribution < -0.4 is 0 Å². The molecular weight excluding hydrogens is 602 g/mol. The van der Waals surface area contributed by atoms with Crippen LogP contribution in [0.15, 0.2) is 39.4 Å². The van der Waals surface area contributed by atoms with Gasteiger partial charge in [0.2, 0.25) is 0 Å². The van der Waals surface area contributed by atoms with E-state index in [1.54, 1.807) is 18.6 Å². The minimum absolute atomic E-state index is 0.211. The molecular formula is C23H24BrN5O7S2. The highest BCUT2D eigenvalue weighted by molar-refractivity contribution is 9.10. The molecule has 0 bridgehead atoms. The quantitative estimate of drug-likeness (QED) is 0.267. The van der Waals surface area contributed by atoms with Crippen molar-refractivity contribution in [1.82, 2.24) is 25.0 Å². The van der Waals surface area contributed by atoms with E-state index in [4.69, 9.17) is 18.9 Å². The van der Waals surface area contributed by atoms with E-state index in [0.717, 1.165) is 14.4 Å². The maximum absolute atomic E-state index is 12.3. The summed E-state index contributed by atoms with van der Waals surface area (Å²) >= 11 is 6.12. The van der Waals surface area contributed by atoms with E-state index < -0.39 is 47.7 Å². The van der Waals surface area contributed by atoms with E-state index in [1.807, 2.05) is 18.4 Å². The first kappa shape index (κ1) is 28.1. The second-order valence-electron chi connectivity index (χ2n) is 8.28. The van der Waals surface area contributed by atoms with Crippen molar-refractivity contribution in [2.45, 2.75) is 62.4 Å². The zero-order valence-corrected chi connectivity index (χ0v) is 24.0. The van der Waals surface area contributed by atoms with Crippen LogP contribution in [0.5, 0.6) is 0 Å². The Morgan fingerprint density at radius 3 is 2.47 bits per heavy atom. The van der Waals surface area contributed by atoms with Gasteiger partial charge < -0.3 is 18.9 Å². The number of rotatable bonds is 8. The Kier molecular flexibility index (Phi) is 9.12. The average molecular weight is 627 g/mol. The van der Waals surface area contributed by atoms with E-state index in [9.17, 15) is 14.4 Å². The molecule has 15 heteroatoms. The van der Waals surface area contributed by atoms with Crippen molar-refractivity contribution >= 4 is 56.9 Å². The number of pyridine rings is 1. The first-order valence-electron chi connectivity index (χ1n) is 11.4. The summed E-state index contributed by atoms with van der Waals surface area (Å²) in [6.45, 7) is 5.46. The topological polar surface area (TPSA) is 145 Å². The Hall–Kier alpha value is -2.88. The lowest BCUT2D eigenvalue weighted by Gasteiger charge is -2.44. The number of hydrogen-bond acceptors (Lipinski definition) is 13. The molecule has 3 aromatic rings. The lowest BCUT2D eigenvalue weighted by Crippen LogP contribution is -2.57. The number of nitrogens with zero attached hydrogens (tertiary/aromatic N) is 5. The van der Waals surface area contributed by atoms with Crippen LogP contribution in [0.4, 0.5) is 0 Å². The fraction of sp³-hybridized carbons (Fsp3) is 0.435. The summed E-state index contributed by atoms with van der Waals surface area (Å²) in [5.41, 5.74) is 0.295. The number of carbonyl (C=O) groups excluding carboxylic acids is 3. The summed E-state index contributed by atoms with van der Waals surface area (Å²) in [7, 11) is 0. The molecule has 1 aliphatic rings. The number of aromatic nitrogens is 5. The minimum Gasteiger partial charge on any atom is -0.463 e. The van der Waals surface area contributed by atoms with E-state index >= 15 is 0 Å². The Bertz CT molecular complexity index is 1320. The molecule has 0 aromatic carbocycles. The first-order valence-corrected chi connectivity index (χ1v) is 13.9. The zero-order valence-electron chi connectivity index (χ0n) is 20.8. The van der Waals surface area contributed by atoms with Crippen molar-refractivity contribution in [2.75, 3.05) is 6.61 Å². The predicted molar refractivity (Wildman–Crippen MR) is 139 cm³/mol. The number of halogens is 1. The molecule has 0 N–H and O–H groups in total. The van der Waals surface area contributed by atoms with Crippen LogP contribution >= 0.6 is 39.0 Å². The van der Waals surface area contributed by atoms with Crippen LogP contribution in [0, 0.1) is 6.92 Å². The van der Waals surface area contributed by atoms with Crippen LogP contribution in [0.1, 0.15) is 31.8 Å². The van der Waals surface area contributed by atoms with Gasteiger partial charge in [0, 0.05) is 47.9 Å². The predicted octanol–water partition coefficient (Wildman–Crippen LogP) is 3.35. The molecule has 1 saturated heterocycles. The molecule has 0 amide bonds. The van der Waals surface area contributed by atoms with Crippen molar-refractivity contribution in [3.05, 3.63) is 39.5 Å². The summed E-state index contributed by atoms with van der Waals surface area (Å²) in [5.74, 6) is -1.70. The third kappa shape index (κ3) is 6.95. The third-order valence-electron chi connectivity index (χ3n) is 5.30. The number of carbonyl (C=O) groups is 3. The SMILES string of the molecule is CC(=O)OCC1OC(Sc2cncc(Br)c2)C(OC(C)=O)C(n2cc(-c3csc(C)n3)nn2)C1OC(C)=O. The van der Waals surface area contributed by atoms with E-state index in [2.05, 4.69) is 36.2 Å². The summed E-state index contributed by atoms with van der Waals surface area (Å²) in [6, 6.07) is 0.953. The van der Waals surface area contributed by atoms with Crippen molar-refractivity contribution in [3.8, 4) is 11.4 Å². The molecule has 3 aromatic heterocycles. The monoisotopic (exact) mass is 625 g/mol. The van der Waals surface area contributed by atoms with Gasteiger partial charge >= 0.3 is 17.9 Å². The minimum atomic E-state index is -1.04. The Labute approximate surface area is 234 Å². The van der Waals surface area contributed by atoms with Crippen molar-refractivity contribution < 1.29 is 33.3 Å². The smallest absolute Gasteiger partial charge is 0.303 e. The van der Waals surface area contributed by atoms with Gasteiger partial charge in [0.05, 0.1) is 11.2 Å². The number of ether oxygens (including phenoxy) is 4. The molecule has 1 fully saturated rings. The van der Waals surface area contributed by atoms with Gasteiger partial charge in [-0.05, 0) is 28.9 Å². The van der Waals surface area contributed by atoms with Gasteiger partial charge in [-0.15, -0.1) is 16.4 Å². The number of esters is 3. The molecule has 0 radical (unpaired) electrons. The molecule has 4 heterocycles. The van der Waals surface area contributed by atoms with Gasteiger partial charge in [-0.3, -0.25) is 19.4 Å². The summed E-state index contributed by atoms with van der Waals surface area (Å²) in [5, 5.41) is 11.2. The molecule has 0 saturated carbocycles. The van der Waals surface area contributed by atoms with Gasteiger partial charge in [0.15, 0.2) is 12.2 Å². The van der Waals surface area contributed by atoms with E-state index in [0.29, 0.717) is 11.4 Å². The largest absolute Gasteiger partial charge is 0.463 e. The normalized spacial score (nSPS) is 23.0. The van der Waals surface area contributed by atoms with E-state index in [-0.39, 0.29) is 6.61 Å². The van der Waals surface area contributed by atoms with Gasteiger partial charge in [-0.2, -0.15) is 0 Å². The number of thioether (sulfide) groups is 1. The lowest BCUT2D eigenvalue weighted by molar-refractivity contribution is -0.212. The molecule has 38 heavy (non-hydrogen) atoms. The van der Waals surface area contributed by atoms with Crippen molar-refractivity contribution in [2.24, 2.45) is 0 Å². The Balaban J connectivity index is 1.79. The van der Waals surface area contributed by atoms with Crippen LogP contribution in [0.2, 0.25) is 0 Å². The van der Waals surface area contributed by atoms with E-state index in [1.165, 1.54) is 48.6 Å². The average Bonchev–Trinajstić information content (AvgIpc) is 3.48. The van der Waals surface area contributed by atoms with Gasteiger partial charge in [-0.25, -0.2) is 9.67 Å². The maximum Gasteiger partial charge on any atom is 0.303 e. The maximum atomic E-state index is 12.3. The molecule has 5 unspecified atom stereocenters. The highest BCUT2D eigenvalue weighted by Gasteiger charge is 2.52. The molecule has 0 spiro atoms. The second-order valence-corrected chi connectivity index (χ2v) is 11.4. The van der Waals surface area contributed by atoms with Crippen LogP contribution in [-0.2, 0) is 33.3 Å². The molecule has 0 aliphatic carbocycles. The molecule has 12 nitrogen and oxygen atoms in total. The fourth-order valence-electron chi connectivity index (χ4n) is 3.89. The molecule has 4 rings (SSSR count). The molecule has 202 valence electrons. The standard InChI is InChI=1S/C23H24BrN5O7S2/c1-11-26-18(10-37-11)17-8-29(28-27-17)20-21(34-13(3)31)19(9-33-12(2)30)36-23(22(20)35-14(4)32)38-16-5-15(24)6-25-7-16/h5-8,10,19-23H,9H2,1-4H3. The highest BCUT2D eigenvalue weighted by Crippen LogP contribution is 2.41. The third-order valence-corrected chi connectivity index (χ3v) is 7.62. The van der Waals surface area contributed by atoms with Gasteiger partial charge in [-0.1, -0.05) is 17.0 Å². The highest BCUT2D eigenvalue weighted by atomic mass is 79.9. The first-order chi connectivity index (χ1) is 18.1. The van der Waals surface area contributed by atoms with Crippen LogP contribution in [0.25, 0.3) is 11.4 Å². The molecule has 1 aliphatic heterocycles. The number of aryl methyl sites for hydroxylation is 1. The van der Waals surface area contributed by atoms with Crippen molar-refractivity contribution in [1.29, 1.82) is 0 Å². The summed E-state index contributed by atoms with van der Waals surface area (Å²) in [4.78, 5) is 45.4. The fourth-order valence-corrected chi connectivity index (χ4v) is 6.15. The Morgan fingerprint density at radius 1 is 1.11 bits per heavy atom. The second kappa shape index (κ2) is 12.3. The summed E-state index contributed by atoms with van der Waals surface area (Å²) < 4.78 is 25.2.